The number of nitrogens with one attached hydrogen (secondary N) is 1. The Kier molecular flexibility index (Phi) is 6.45. The molecule has 2 aliphatic heterocycles. The number of pyridine rings is 1. The van der Waals surface area contributed by atoms with Crippen LogP contribution in [-0.4, -0.2) is 38.0 Å². The molecule has 158 valence electrons. The van der Waals surface area contributed by atoms with E-state index in [0.29, 0.717) is 17.8 Å². The van der Waals surface area contributed by atoms with Crippen molar-refractivity contribution >= 4 is 17.6 Å². The van der Waals surface area contributed by atoms with Gasteiger partial charge in [-0.1, -0.05) is 12.1 Å². The van der Waals surface area contributed by atoms with Crippen molar-refractivity contribution in [2.24, 2.45) is 10.7 Å². The molecule has 2 fully saturated rings. The first kappa shape index (κ1) is 20.6. The molecule has 4 rings (SSSR count). The summed E-state index contributed by atoms with van der Waals surface area (Å²) >= 11 is 0. The van der Waals surface area contributed by atoms with Gasteiger partial charge in [0.05, 0.1) is 0 Å². The second-order valence-electron chi connectivity index (χ2n) is 8.05. The molecule has 2 saturated heterocycles. The summed E-state index contributed by atoms with van der Waals surface area (Å²) in [5.41, 5.74) is 18.6. The fraction of sp³-hybridized carbons (Fsp3) is 0.417. The fourth-order valence-electron chi connectivity index (χ4n) is 4.59. The molecule has 1 unspecified atom stereocenters. The van der Waals surface area contributed by atoms with Gasteiger partial charge < -0.3 is 21.5 Å². The first-order valence-corrected chi connectivity index (χ1v) is 10.8. The van der Waals surface area contributed by atoms with Gasteiger partial charge in [0.2, 0.25) is 0 Å². The number of ether oxygens (including phenoxy) is 1. The van der Waals surface area contributed by atoms with E-state index in [1.165, 1.54) is 30.2 Å². The highest BCUT2D eigenvalue weighted by Crippen LogP contribution is 2.38. The molecule has 0 amide bonds. The Labute approximate surface area is 178 Å². The summed E-state index contributed by atoms with van der Waals surface area (Å²) < 4.78 is 5.59. The van der Waals surface area contributed by atoms with Crippen LogP contribution in [0.5, 0.6) is 0 Å². The van der Waals surface area contributed by atoms with Gasteiger partial charge in [-0.25, -0.2) is 4.98 Å². The Morgan fingerprint density at radius 3 is 2.70 bits per heavy atom. The monoisotopic (exact) mass is 405 g/mol. The summed E-state index contributed by atoms with van der Waals surface area (Å²) in [5, 5.41) is 3.69. The fourth-order valence-corrected chi connectivity index (χ4v) is 4.59. The van der Waals surface area contributed by atoms with Crippen LogP contribution in [0.4, 0.5) is 5.82 Å². The van der Waals surface area contributed by atoms with Crippen LogP contribution in [0, 0.1) is 0 Å². The van der Waals surface area contributed by atoms with E-state index in [9.17, 15) is 0 Å². The van der Waals surface area contributed by atoms with Crippen molar-refractivity contribution in [2.75, 3.05) is 32.5 Å². The van der Waals surface area contributed by atoms with E-state index in [4.69, 9.17) is 16.2 Å². The highest BCUT2D eigenvalue weighted by atomic mass is 16.5. The predicted octanol–water partition coefficient (Wildman–Crippen LogP) is 3.65. The van der Waals surface area contributed by atoms with Gasteiger partial charge in [-0.05, 0) is 67.0 Å². The molecule has 0 radical (unpaired) electrons. The van der Waals surface area contributed by atoms with E-state index in [1.807, 2.05) is 6.20 Å². The van der Waals surface area contributed by atoms with Gasteiger partial charge in [0.1, 0.15) is 5.82 Å². The van der Waals surface area contributed by atoms with Gasteiger partial charge in [-0.2, -0.15) is 0 Å². The summed E-state index contributed by atoms with van der Waals surface area (Å²) in [7, 11) is 1.72. The number of nitrogens with two attached hydrogens (primary N) is 2. The van der Waals surface area contributed by atoms with Crippen molar-refractivity contribution in [2.45, 2.75) is 37.6 Å². The molecule has 1 atom stereocenters. The Bertz CT molecular complexity index is 941. The minimum absolute atomic E-state index is 0.413. The number of benzene rings is 1. The maximum Gasteiger partial charge on any atom is 0.131 e. The zero-order valence-electron chi connectivity index (χ0n) is 17.6. The number of nitrogen functional groups attached to an aromatic ring is 1. The molecular formula is C24H31N5O. The lowest BCUT2D eigenvalue weighted by Crippen LogP contribution is -2.19. The molecule has 3 heterocycles. The number of hydrogen-bond acceptors (Lipinski definition) is 6. The topological polar surface area (TPSA) is 98.5 Å². The molecule has 0 aliphatic carbocycles. The second kappa shape index (κ2) is 9.41. The smallest absolute Gasteiger partial charge is 0.131 e. The second-order valence-corrected chi connectivity index (χ2v) is 8.05. The van der Waals surface area contributed by atoms with Crippen molar-refractivity contribution in [3.63, 3.8) is 0 Å². The van der Waals surface area contributed by atoms with Crippen LogP contribution < -0.4 is 16.8 Å². The molecule has 1 aromatic heterocycles. The molecule has 0 bridgehead atoms. The predicted molar refractivity (Wildman–Crippen MR) is 123 cm³/mol. The number of rotatable bonds is 5. The molecule has 0 spiro atoms. The molecule has 6 heteroatoms. The maximum absolute atomic E-state index is 6.13. The van der Waals surface area contributed by atoms with Crippen molar-refractivity contribution in [3.05, 3.63) is 53.4 Å². The summed E-state index contributed by atoms with van der Waals surface area (Å²) in [4.78, 5) is 8.52. The van der Waals surface area contributed by atoms with Crippen molar-refractivity contribution in [1.82, 2.24) is 10.3 Å². The average molecular weight is 406 g/mol. The van der Waals surface area contributed by atoms with Crippen LogP contribution in [0.3, 0.4) is 0 Å². The molecule has 6 nitrogen and oxygen atoms in total. The van der Waals surface area contributed by atoms with Crippen LogP contribution in [0.15, 0.2) is 41.7 Å². The normalized spacial score (nSPS) is 20.8. The summed E-state index contributed by atoms with van der Waals surface area (Å²) in [6.45, 7) is 2.78. The third-order valence-electron chi connectivity index (χ3n) is 6.19. The number of aliphatic imine (C=N–C) groups is 1. The van der Waals surface area contributed by atoms with Crippen LogP contribution >= 0.6 is 0 Å². The maximum atomic E-state index is 6.13. The minimum Gasteiger partial charge on any atom is -0.404 e. The highest BCUT2D eigenvalue weighted by molar-refractivity contribution is 6.11. The number of hydrogen-bond donors (Lipinski definition) is 3. The quantitative estimate of drug-likeness (QED) is 0.660. The summed E-state index contributed by atoms with van der Waals surface area (Å²) in [6, 6.07) is 9.32. The van der Waals surface area contributed by atoms with Crippen LogP contribution in [0.25, 0.3) is 16.7 Å². The first-order chi connectivity index (χ1) is 14.7. The zero-order chi connectivity index (χ0) is 20.9. The summed E-state index contributed by atoms with van der Waals surface area (Å²) in [5.74, 6) is 1.02. The SMILES string of the molecule is CN=C/C(=C\N)c1cc(-c2ccc(C3CCOCC3)c(C3CCCN3)c2)cnc1N. The van der Waals surface area contributed by atoms with Crippen LogP contribution in [0.1, 0.15) is 54.3 Å². The molecule has 5 N–H and O–H groups in total. The third-order valence-corrected chi connectivity index (χ3v) is 6.19. The molecule has 2 aliphatic rings. The number of aromatic nitrogens is 1. The van der Waals surface area contributed by atoms with Crippen molar-refractivity contribution in [1.29, 1.82) is 0 Å². The summed E-state index contributed by atoms with van der Waals surface area (Å²) in [6.07, 6.45) is 9.65. The number of nitrogens with zero attached hydrogens (tertiary/aromatic N) is 2. The van der Waals surface area contributed by atoms with E-state index < -0.39 is 0 Å². The van der Waals surface area contributed by atoms with Crippen LogP contribution in [-0.2, 0) is 4.74 Å². The van der Waals surface area contributed by atoms with E-state index >= 15 is 0 Å². The standard InChI is InChI=1S/C24H31N5O/c1-27-14-19(13-25)21-12-18(15-29-24(21)26)17-4-5-20(16-6-9-30-10-7-16)22(11-17)23-3-2-8-28-23/h4-5,11-16,23,28H,2-3,6-10,25H2,1H3,(H2,26,29)/b19-13+,27-14?. The Hall–Kier alpha value is -2.70. The zero-order valence-corrected chi connectivity index (χ0v) is 17.6. The highest BCUT2D eigenvalue weighted by Gasteiger charge is 2.25. The van der Waals surface area contributed by atoms with Crippen LogP contribution in [0.2, 0.25) is 0 Å². The third kappa shape index (κ3) is 4.25. The average Bonchev–Trinajstić information content (AvgIpc) is 3.33. The Balaban J connectivity index is 1.75. The molecule has 30 heavy (non-hydrogen) atoms. The number of anilines is 1. The Morgan fingerprint density at radius 1 is 1.17 bits per heavy atom. The van der Waals surface area contributed by atoms with Crippen molar-refractivity contribution in [3.8, 4) is 11.1 Å². The largest absolute Gasteiger partial charge is 0.404 e. The van der Waals surface area contributed by atoms with Gasteiger partial charge in [0.25, 0.3) is 0 Å². The molecule has 2 aromatic rings. The number of allylic oxidation sites excluding steroid dienone is 1. The van der Waals surface area contributed by atoms with Gasteiger partial charge in [-0.15, -0.1) is 0 Å². The van der Waals surface area contributed by atoms with Crippen molar-refractivity contribution < 1.29 is 4.74 Å². The first-order valence-electron chi connectivity index (χ1n) is 10.8. The van der Waals surface area contributed by atoms with Gasteiger partial charge in [-0.3, -0.25) is 4.99 Å². The lowest BCUT2D eigenvalue weighted by atomic mass is 9.84. The molecule has 1 aromatic carbocycles. The Morgan fingerprint density at radius 2 is 2.00 bits per heavy atom. The van der Waals surface area contributed by atoms with E-state index in [2.05, 4.69) is 39.6 Å². The lowest BCUT2D eigenvalue weighted by Gasteiger charge is -2.27. The van der Waals surface area contributed by atoms with Gasteiger partial charge in [0.15, 0.2) is 0 Å². The van der Waals surface area contributed by atoms with Gasteiger partial charge >= 0.3 is 0 Å². The van der Waals surface area contributed by atoms with E-state index in [-0.39, 0.29) is 0 Å². The molecular weight excluding hydrogens is 374 g/mol. The molecule has 0 saturated carbocycles. The lowest BCUT2D eigenvalue weighted by molar-refractivity contribution is 0.0851. The minimum atomic E-state index is 0.413. The van der Waals surface area contributed by atoms with E-state index in [0.717, 1.165) is 54.9 Å². The van der Waals surface area contributed by atoms with E-state index in [1.54, 1.807) is 13.3 Å². The van der Waals surface area contributed by atoms with Gasteiger partial charge in [0, 0.05) is 61.6 Å².